The highest BCUT2D eigenvalue weighted by Gasteiger charge is 2.38. The Hall–Kier alpha value is -2.86. The first kappa shape index (κ1) is 25.8. The lowest BCUT2D eigenvalue weighted by Gasteiger charge is -2.37. The first-order valence-electron chi connectivity index (χ1n) is 11.4. The number of aliphatic hydroxyl groups excluding tert-OH is 1. The van der Waals surface area contributed by atoms with Gasteiger partial charge < -0.3 is 14.7 Å². The van der Waals surface area contributed by atoms with E-state index in [1.54, 1.807) is 37.9 Å². The van der Waals surface area contributed by atoms with E-state index < -0.39 is 22.2 Å². The second-order valence-corrected chi connectivity index (χ2v) is 10.5. The molecule has 182 valence electrons. The molecular formula is C26H32N2O5S. The van der Waals surface area contributed by atoms with Gasteiger partial charge >= 0.3 is 0 Å². The van der Waals surface area contributed by atoms with Gasteiger partial charge in [-0.1, -0.05) is 43.9 Å². The Balaban J connectivity index is 2.06. The van der Waals surface area contributed by atoms with Gasteiger partial charge in [-0.25, -0.2) is 8.42 Å². The maximum absolute atomic E-state index is 13.5. The normalized spacial score (nSPS) is 20.5. The highest BCUT2D eigenvalue weighted by molar-refractivity contribution is 7.89. The average Bonchev–Trinajstić information content (AvgIpc) is 2.84. The first-order chi connectivity index (χ1) is 16.2. The highest BCUT2D eigenvalue weighted by atomic mass is 32.2. The smallest absolute Gasteiger partial charge is 0.247 e. The van der Waals surface area contributed by atoms with Crippen LogP contribution in [0.2, 0.25) is 0 Å². The number of hydrogen-bond donors (Lipinski definition) is 1. The van der Waals surface area contributed by atoms with E-state index >= 15 is 0 Å². The molecule has 1 N–H and O–H groups in total. The zero-order chi connectivity index (χ0) is 24.9. The molecule has 2 aromatic rings. The monoisotopic (exact) mass is 484 g/mol. The summed E-state index contributed by atoms with van der Waals surface area (Å²) in [5.74, 6) is 6.09. The number of fused-ring (bicyclic) bond motifs is 1. The maximum atomic E-state index is 13.5. The van der Waals surface area contributed by atoms with E-state index in [1.165, 1.54) is 10.4 Å². The molecule has 1 aliphatic rings. The van der Waals surface area contributed by atoms with E-state index in [4.69, 9.17) is 4.74 Å². The van der Waals surface area contributed by atoms with Crippen LogP contribution >= 0.6 is 0 Å². The summed E-state index contributed by atoms with van der Waals surface area (Å²) < 4.78 is 34.7. The Morgan fingerprint density at radius 3 is 2.53 bits per heavy atom. The van der Waals surface area contributed by atoms with Crippen LogP contribution in [0.15, 0.2) is 53.4 Å². The number of likely N-dealkylation sites (N-methyl/N-ethyl adjacent to an activating group) is 1. The standard InChI is InChI=1S/C26H32N2O5S/c1-5-26(30)27(4)17-24-19(2)16-28(20(3)18-29)34(31,32)25-14-13-22(15-23(25)33-24)12-11-21-9-7-6-8-10-21/h6-10,13-15,19-20,24,29H,5,16-18H2,1-4H3/t19-,20+,24+/m1/s1. The van der Waals surface area contributed by atoms with Gasteiger partial charge in [-0.05, 0) is 37.3 Å². The zero-order valence-electron chi connectivity index (χ0n) is 20.1. The lowest BCUT2D eigenvalue weighted by molar-refractivity contribution is -0.131. The molecule has 0 unspecified atom stereocenters. The highest BCUT2D eigenvalue weighted by Crippen LogP contribution is 2.34. The van der Waals surface area contributed by atoms with Gasteiger partial charge in [0.25, 0.3) is 0 Å². The van der Waals surface area contributed by atoms with Crippen molar-refractivity contribution in [3.05, 3.63) is 59.7 Å². The van der Waals surface area contributed by atoms with Crippen molar-refractivity contribution in [1.82, 2.24) is 9.21 Å². The Kier molecular flexibility index (Phi) is 8.37. The summed E-state index contributed by atoms with van der Waals surface area (Å²) in [6.45, 7) is 5.54. The Morgan fingerprint density at radius 2 is 1.88 bits per heavy atom. The van der Waals surface area contributed by atoms with E-state index in [1.807, 2.05) is 37.3 Å². The van der Waals surface area contributed by atoms with Crippen molar-refractivity contribution in [2.24, 2.45) is 5.92 Å². The fourth-order valence-corrected chi connectivity index (χ4v) is 5.65. The van der Waals surface area contributed by atoms with Crippen molar-refractivity contribution in [3.8, 4) is 17.6 Å². The number of benzene rings is 2. The third-order valence-corrected chi connectivity index (χ3v) is 7.99. The lowest BCUT2D eigenvalue weighted by atomic mass is 10.0. The fraction of sp³-hybridized carbons (Fsp3) is 0.423. The molecule has 0 spiro atoms. The molecule has 8 heteroatoms. The molecule has 1 heterocycles. The molecule has 3 atom stereocenters. The van der Waals surface area contributed by atoms with Crippen LogP contribution in [-0.4, -0.2) is 67.5 Å². The summed E-state index contributed by atoms with van der Waals surface area (Å²) in [6.07, 6.45) is -0.0735. The Morgan fingerprint density at radius 1 is 1.21 bits per heavy atom. The van der Waals surface area contributed by atoms with Gasteiger partial charge in [0.15, 0.2) is 0 Å². The number of ether oxygens (including phenoxy) is 1. The van der Waals surface area contributed by atoms with Gasteiger partial charge in [0.1, 0.15) is 16.7 Å². The van der Waals surface area contributed by atoms with Crippen LogP contribution in [0.4, 0.5) is 0 Å². The molecule has 0 saturated heterocycles. The van der Waals surface area contributed by atoms with E-state index in [9.17, 15) is 18.3 Å². The van der Waals surface area contributed by atoms with Crippen LogP contribution in [0.3, 0.4) is 0 Å². The number of rotatable bonds is 5. The van der Waals surface area contributed by atoms with Crippen LogP contribution in [-0.2, 0) is 14.8 Å². The summed E-state index contributed by atoms with van der Waals surface area (Å²) in [6, 6.07) is 13.7. The zero-order valence-corrected chi connectivity index (χ0v) is 20.9. The van der Waals surface area contributed by atoms with Crippen molar-refractivity contribution in [2.75, 3.05) is 26.7 Å². The van der Waals surface area contributed by atoms with Gasteiger partial charge in [-0.2, -0.15) is 4.31 Å². The van der Waals surface area contributed by atoms with Crippen LogP contribution < -0.4 is 4.74 Å². The number of amides is 1. The number of carbonyl (C=O) groups is 1. The molecular weight excluding hydrogens is 452 g/mol. The molecule has 3 rings (SSSR count). The van der Waals surface area contributed by atoms with E-state index in [0.29, 0.717) is 18.5 Å². The maximum Gasteiger partial charge on any atom is 0.247 e. The summed E-state index contributed by atoms with van der Waals surface area (Å²) in [4.78, 5) is 13.8. The van der Waals surface area contributed by atoms with Crippen LogP contribution in [0, 0.1) is 17.8 Å². The number of hydrogen-bond acceptors (Lipinski definition) is 5. The Labute approximate surface area is 202 Å². The van der Waals surface area contributed by atoms with E-state index in [2.05, 4.69) is 11.8 Å². The first-order valence-corrected chi connectivity index (χ1v) is 12.9. The van der Waals surface area contributed by atoms with Crippen molar-refractivity contribution in [3.63, 3.8) is 0 Å². The van der Waals surface area contributed by atoms with Gasteiger partial charge in [-0.3, -0.25) is 4.79 Å². The summed E-state index contributed by atoms with van der Waals surface area (Å²) in [5, 5.41) is 9.75. The third-order valence-electron chi connectivity index (χ3n) is 5.97. The number of sulfonamides is 1. The van der Waals surface area contributed by atoms with E-state index in [-0.39, 0.29) is 35.6 Å². The number of nitrogens with zero attached hydrogens (tertiary/aromatic N) is 2. The quantitative estimate of drug-likeness (QED) is 0.660. The molecule has 7 nitrogen and oxygen atoms in total. The molecule has 0 saturated carbocycles. The molecule has 0 aromatic heterocycles. The van der Waals surface area contributed by atoms with Gasteiger partial charge in [-0.15, -0.1) is 0 Å². The fourth-order valence-electron chi connectivity index (χ4n) is 3.83. The minimum Gasteiger partial charge on any atom is -0.487 e. The minimum atomic E-state index is -3.92. The predicted molar refractivity (Wildman–Crippen MR) is 131 cm³/mol. The van der Waals surface area contributed by atoms with Crippen molar-refractivity contribution < 1.29 is 23.1 Å². The largest absolute Gasteiger partial charge is 0.487 e. The summed E-state index contributed by atoms with van der Waals surface area (Å²) in [7, 11) is -2.21. The van der Waals surface area contributed by atoms with Crippen molar-refractivity contribution in [2.45, 2.75) is 44.2 Å². The lowest BCUT2D eigenvalue weighted by Crippen LogP contribution is -2.50. The molecule has 34 heavy (non-hydrogen) atoms. The SMILES string of the molecule is CCC(=O)N(C)C[C@@H]1Oc2cc(C#Cc3ccccc3)ccc2S(=O)(=O)N([C@@H](C)CO)C[C@H]1C. The Bertz CT molecular complexity index is 1170. The molecule has 0 radical (unpaired) electrons. The minimum absolute atomic E-state index is 0.0197. The summed E-state index contributed by atoms with van der Waals surface area (Å²) >= 11 is 0. The molecule has 0 bridgehead atoms. The average molecular weight is 485 g/mol. The number of carbonyl (C=O) groups excluding carboxylic acids is 1. The predicted octanol–water partition coefficient (Wildman–Crippen LogP) is 2.72. The molecule has 0 aliphatic carbocycles. The molecule has 0 fully saturated rings. The van der Waals surface area contributed by atoms with Crippen LogP contribution in [0.1, 0.15) is 38.3 Å². The van der Waals surface area contributed by atoms with Crippen molar-refractivity contribution in [1.29, 1.82) is 0 Å². The second kappa shape index (κ2) is 11.0. The summed E-state index contributed by atoms with van der Waals surface area (Å²) in [5.41, 5.74) is 1.46. The van der Waals surface area contributed by atoms with Crippen LogP contribution in [0.25, 0.3) is 0 Å². The van der Waals surface area contributed by atoms with Crippen LogP contribution in [0.5, 0.6) is 5.75 Å². The van der Waals surface area contributed by atoms with Gasteiger partial charge in [0, 0.05) is 43.1 Å². The molecule has 2 aromatic carbocycles. The topological polar surface area (TPSA) is 87.2 Å². The van der Waals surface area contributed by atoms with Crippen molar-refractivity contribution >= 4 is 15.9 Å². The number of aliphatic hydroxyl groups is 1. The van der Waals surface area contributed by atoms with Gasteiger partial charge in [0.05, 0.1) is 13.2 Å². The third kappa shape index (κ3) is 5.79. The molecule has 1 aliphatic heterocycles. The second-order valence-electron chi connectivity index (χ2n) is 8.65. The van der Waals surface area contributed by atoms with Gasteiger partial charge in [0.2, 0.25) is 15.9 Å². The molecule has 1 amide bonds. The van der Waals surface area contributed by atoms with E-state index in [0.717, 1.165) is 5.56 Å².